The highest BCUT2D eigenvalue weighted by Crippen LogP contribution is 1.98. The third kappa shape index (κ3) is 3.92. The largest absolute Gasteiger partial charge is 0.335 e. The lowest BCUT2D eigenvalue weighted by Crippen LogP contribution is -2.16. The molecule has 0 radical (unpaired) electrons. The lowest BCUT2D eigenvalue weighted by atomic mass is 10.3. The van der Waals surface area contributed by atoms with Crippen molar-refractivity contribution in [1.29, 1.82) is 0 Å². The van der Waals surface area contributed by atoms with E-state index in [0.29, 0.717) is 0 Å². The quantitative estimate of drug-likeness (QED) is 0.674. The lowest BCUT2D eigenvalue weighted by Gasteiger charge is -2.05. The van der Waals surface area contributed by atoms with E-state index in [4.69, 9.17) is 0 Å². The van der Waals surface area contributed by atoms with Gasteiger partial charge in [-0.2, -0.15) is 0 Å². The Labute approximate surface area is 86.5 Å². The first kappa shape index (κ1) is 11.2. The fraction of sp³-hybridized carbons (Fsp3) is 0.727. The molecule has 80 valence electrons. The smallest absolute Gasteiger partial charge is 0.105 e. The van der Waals surface area contributed by atoms with Gasteiger partial charge in [0.05, 0.1) is 0 Å². The molecule has 0 aliphatic carbocycles. The molecule has 0 bridgehead atoms. The highest BCUT2D eigenvalue weighted by Gasteiger charge is 1.95. The summed E-state index contributed by atoms with van der Waals surface area (Å²) in [6.07, 6.45) is 7.62. The topological polar surface area (TPSA) is 29.9 Å². The van der Waals surface area contributed by atoms with Gasteiger partial charge in [-0.15, -0.1) is 0 Å². The van der Waals surface area contributed by atoms with E-state index < -0.39 is 0 Å². The number of nitrogens with zero attached hydrogens (tertiary/aromatic N) is 2. The lowest BCUT2D eigenvalue weighted by molar-refractivity contribution is 0.560. The van der Waals surface area contributed by atoms with E-state index in [-0.39, 0.29) is 0 Å². The summed E-state index contributed by atoms with van der Waals surface area (Å²) in [7, 11) is 0. The van der Waals surface area contributed by atoms with E-state index in [1.165, 1.54) is 19.3 Å². The van der Waals surface area contributed by atoms with E-state index in [0.717, 1.165) is 25.5 Å². The fourth-order valence-corrected chi connectivity index (χ4v) is 1.47. The summed E-state index contributed by atoms with van der Waals surface area (Å²) in [6.45, 7) is 7.63. The molecule has 1 rings (SSSR count). The first-order valence-electron chi connectivity index (χ1n) is 5.53. The van der Waals surface area contributed by atoms with Crippen LogP contribution in [0.5, 0.6) is 0 Å². The van der Waals surface area contributed by atoms with Gasteiger partial charge in [-0.1, -0.05) is 6.92 Å². The molecule has 14 heavy (non-hydrogen) atoms. The predicted octanol–water partition coefficient (Wildman–Crippen LogP) is 1.97. The normalized spacial score (nSPS) is 10.7. The van der Waals surface area contributed by atoms with Gasteiger partial charge in [0.15, 0.2) is 0 Å². The second-order valence-corrected chi connectivity index (χ2v) is 3.62. The van der Waals surface area contributed by atoms with Crippen LogP contribution >= 0.6 is 0 Å². The Kier molecular flexibility index (Phi) is 5.30. The van der Waals surface area contributed by atoms with Crippen LogP contribution in [-0.4, -0.2) is 22.6 Å². The van der Waals surface area contributed by atoms with Crippen molar-refractivity contribution in [1.82, 2.24) is 14.9 Å². The van der Waals surface area contributed by atoms with Gasteiger partial charge in [-0.05, 0) is 39.3 Å². The molecule has 0 spiro atoms. The van der Waals surface area contributed by atoms with Crippen molar-refractivity contribution in [2.24, 2.45) is 0 Å². The molecule has 0 unspecified atom stereocenters. The fourth-order valence-electron chi connectivity index (χ4n) is 1.47. The van der Waals surface area contributed by atoms with Crippen molar-refractivity contribution in [3.05, 3.63) is 18.2 Å². The third-order valence-corrected chi connectivity index (χ3v) is 2.35. The predicted molar refractivity (Wildman–Crippen MR) is 59.4 cm³/mol. The molecule has 0 saturated heterocycles. The number of imidazole rings is 1. The standard InChI is InChI=1S/C11H21N3/c1-3-6-12-7-4-5-9-14-10-8-13-11(14)2/h8,10,12H,3-7,9H2,1-2H3. The minimum atomic E-state index is 1.10. The van der Waals surface area contributed by atoms with E-state index in [9.17, 15) is 0 Å². The Morgan fingerprint density at radius 1 is 1.36 bits per heavy atom. The van der Waals surface area contributed by atoms with Crippen molar-refractivity contribution in [3.63, 3.8) is 0 Å². The zero-order valence-corrected chi connectivity index (χ0v) is 9.29. The molecule has 1 aromatic heterocycles. The maximum absolute atomic E-state index is 4.19. The maximum atomic E-state index is 4.19. The average molecular weight is 195 g/mol. The maximum Gasteiger partial charge on any atom is 0.105 e. The molecule has 0 atom stereocenters. The average Bonchev–Trinajstić information content (AvgIpc) is 2.58. The van der Waals surface area contributed by atoms with Crippen LogP contribution in [0.15, 0.2) is 12.4 Å². The van der Waals surface area contributed by atoms with E-state index in [1.807, 2.05) is 6.20 Å². The number of nitrogens with one attached hydrogen (secondary N) is 1. The molecular formula is C11H21N3. The van der Waals surface area contributed by atoms with Crippen LogP contribution in [0.2, 0.25) is 0 Å². The first-order valence-corrected chi connectivity index (χ1v) is 5.53. The Morgan fingerprint density at radius 3 is 2.86 bits per heavy atom. The zero-order chi connectivity index (χ0) is 10.2. The molecular weight excluding hydrogens is 174 g/mol. The monoisotopic (exact) mass is 195 g/mol. The van der Waals surface area contributed by atoms with Gasteiger partial charge in [0.2, 0.25) is 0 Å². The van der Waals surface area contributed by atoms with Crippen molar-refractivity contribution >= 4 is 0 Å². The van der Waals surface area contributed by atoms with Gasteiger partial charge in [0.1, 0.15) is 5.82 Å². The molecule has 0 aromatic carbocycles. The summed E-state index contributed by atoms with van der Waals surface area (Å²) in [5.41, 5.74) is 0. The molecule has 3 nitrogen and oxygen atoms in total. The van der Waals surface area contributed by atoms with E-state index in [2.05, 4.69) is 34.9 Å². The number of hydrogen-bond donors (Lipinski definition) is 1. The SMILES string of the molecule is CCCNCCCCn1ccnc1C. The third-order valence-electron chi connectivity index (χ3n) is 2.35. The van der Waals surface area contributed by atoms with Crippen molar-refractivity contribution in [2.75, 3.05) is 13.1 Å². The van der Waals surface area contributed by atoms with Crippen LogP contribution in [-0.2, 0) is 6.54 Å². The van der Waals surface area contributed by atoms with Gasteiger partial charge in [0, 0.05) is 18.9 Å². The summed E-state index contributed by atoms with van der Waals surface area (Å²) in [6, 6.07) is 0. The van der Waals surface area contributed by atoms with E-state index >= 15 is 0 Å². The van der Waals surface area contributed by atoms with Gasteiger partial charge in [-0.3, -0.25) is 0 Å². The van der Waals surface area contributed by atoms with Gasteiger partial charge in [0.25, 0.3) is 0 Å². The molecule has 3 heteroatoms. The van der Waals surface area contributed by atoms with Crippen LogP contribution < -0.4 is 5.32 Å². The number of rotatable bonds is 7. The number of aromatic nitrogens is 2. The second-order valence-electron chi connectivity index (χ2n) is 3.62. The molecule has 1 N–H and O–H groups in total. The number of unbranched alkanes of at least 4 members (excludes halogenated alkanes) is 1. The molecule has 0 aliphatic heterocycles. The molecule has 0 aliphatic rings. The number of aryl methyl sites for hydroxylation is 2. The summed E-state index contributed by atoms with van der Waals surface area (Å²) in [4.78, 5) is 4.19. The highest BCUT2D eigenvalue weighted by atomic mass is 15.0. The molecule has 1 aromatic rings. The Hall–Kier alpha value is -0.830. The summed E-state index contributed by atoms with van der Waals surface area (Å²) >= 11 is 0. The van der Waals surface area contributed by atoms with Crippen LogP contribution in [0.1, 0.15) is 32.0 Å². The van der Waals surface area contributed by atoms with Crippen molar-refractivity contribution in [3.8, 4) is 0 Å². The van der Waals surface area contributed by atoms with Crippen molar-refractivity contribution in [2.45, 2.75) is 39.7 Å². The van der Waals surface area contributed by atoms with E-state index in [1.54, 1.807) is 0 Å². The summed E-state index contributed by atoms with van der Waals surface area (Å²) < 4.78 is 2.21. The van der Waals surface area contributed by atoms with Crippen LogP contribution in [0.25, 0.3) is 0 Å². The molecule has 0 saturated carbocycles. The highest BCUT2D eigenvalue weighted by molar-refractivity contribution is 4.87. The first-order chi connectivity index (χ1) is 6.84. The van der Waals surface area contributed by atoms with Crippen LogP contribution in [0.3, 0.4) is 0 Å². The summed E-state index contributed by atoms with van der Waals surface area (Å²) in [5, 5.41) is 3.40. The number of hydrogen-bond acceptors (Lipinski definition) is 2. The molecule has 1 heterocycles. The Morgan fingerprint density at radius 2 is 2.21 bits per heavy atom. The second kappa shape index (κ2) is 6.60. The van der Waals surface area contributed by atoms with Gasteiger partial charge in [-0.25, -0.2) is 4.98 Å². The Bertz CT molecular complexity index is 242. The zero-order valence-electron chi connectivity index (χ0n) is 9.29. The van der Waals surface area contributed by atoms with Gasteiger partial charge >= 0.3 is 0 Å². The summed E-state index contributed by atoms with van der Waals surface area (Å²) in [5.74, 6) is 1.12. The molecule has 0 amide bonds. The minimum absolute atomic E-state index is 1.10. The van der Waals surface area contributed by atoms with Crippen LogP contribution in [0.4, 0.5) is 0 Å². The minimum Gasteiger partial charge on any atom is -0.335 e. The van der Waals surface area contributed by atoms with Gasteiger partial charge < -0.3 is 9.88 Å². The molecule has 0 fully saturated rings. The van der Waals surface area contributed by atoms with Crippen LogP contribution in [0, 0.1) is 6.92 Å². The Balaban J connectivity index is 2.02. The van der Waals surface area contributed by atoms with Crippen molar-refractivity contribution < 1.29 is 0 Å².